The van der Waals surface area contributed by atoms with Crippen molar-refractivity contribution in [1.82, 2.24) is 20.6 Å². The van der Waals surface area contributed by atoms with Crippen LogP contribution in [-0.2, 0) is 4.79 Å². The predicted octanol–water partition coefficient (Wildman–Crippen LogP) is 2.33. The van der Waals surface area contributed by atoms with E-state index >= 15 is 0 Å². The van der Waals surface area contributed by atoms with Gasteiger partial charge in [-0.3, -0.25) is 20.4 Å². The monoisotopic (exact) mass is 364 g/mol. The molecular weight excluding hydrogens is 344 g/mol. The van der Waals surface area contributed by atoms with Crippen LogP contribution in [0.3, 0.4) is 0 Å². The largest absolute Gasteiger partial charge is 0.483 e. The van der Waals surface area contributed by atoms with Gasteiger partial charge in [-0.05, 0) is 49.2 Å². The number of rotatable bonds is 5. The van der Waals surface area contributed by atoms with Crippen molar-refractivity contribution in [3.8, 4) is 11.4 Å². The molecule has 3 rings (SSSR count). The van der Waals surface area contributed by atoms with Crippen molar-refractivity contribution in [3.63, 3.8) is 0 Å². The van der Waals surface area contributed by atoms with E-state index in [-0.39, 0.29) is 12.3 Å². The number of carbonyl (C=O) groups excluding carboxylic acids is 2. The summed E-state index contributed by atoms with van der Waals surface area (Å²) in [5, 5.41) is 4.20. The lowest BCUT2D eigenvalue weighted by Gasteiger charge is -2.10. The number of amides is 2. The van der Waals surface area contributed by atoms with Crippen LogP contribution < -0.4 is 15.6 Å². The highest BCUT2D eigenvalue weighted by molar-refractivity contribution is 5.93. The van der Waals surface area contributed by atoms with Gasteiger partial charge in [0.15, 0.2) is 12.3 Å². The summed E-state index contributed by atoms with van der Waals surface area (Å²) in [5.41, 5.74) is 7.65. The molecule has 0 unspecified atom stereocenters. The van der Waals surface area contributed by atoms with Crippen molar-refractivity contribution in [2.75, 3.05) is 6.61 Å². The molecule has 0 aliphatic rings. The molecule has 0 fully saturated rings. The second-order valence-electron chi connectivity index (χ2n) is 6.04. The first kappa shape index (κ1) is 18.2. The Hall–Kier alpha value is -3.61. The molecule has 7 heteroatoms. The zero-order chi connectivity index (χ0) is 19.2. The number of para-hydroxylation sites is 1. The van der Waals surface area contributed by atoms with E-state index in [0.29, 0.717) is 5.75 Å². The topological polar surface area (TPSA) is 85.3 Å². The normalized spacial score (nSPS) is 10.3. The van der Waals surface area contributed by atoms with Crippen molar-refractivity contribution in [2.45, 2.75) is 13.8 Å². The van der Waals surface area contributed by atoms with E-state index in [4.69, 9.17) is 4.74 Å². The summed E-state index contributed by atoms with van der Waals surface area (Å²) in [6, 6.07) is 16.7. The number of nitrogens with one attached hydrogen (secondary N) is 2. The molecule has 0 spiro atoms. The number of carbonyl (C=O) groups is 2. The highest BCUT2D eigenvalue weighted by Gasteiger charge is 2.12. The molecule has 138 valence electrons. The Morgan fingerprint density at radius 3 is 2.59 bits per heavy atom. The van der Waals surface area contributed by atoms with Gasteiger partial charge in [-0.15, -0.1) is 0 Å². The molecule has 0 aliphatic heterocycles. The summed E-state index contributed by atoms with van der Waals surface area (Å²) in [6.45, 7) is 3.64. The molecule has 0 saturated carbocycles. The maximum atomic E-state index is 12.1. The first-order valence-electron chi connectivity index (χ1n) is 8.43. The van der Waals surface area contributed by atoms with E-state index in [1.165, 1.54) is 0 Å². The minimum atomic E-state index is -0.509. The van der Waals surface area contributed by atoms with Gasteiger partial charge in [-0.2, -0.15) is 5.10 Å². The van der Waals surface area contributed by atoms with Crippen LogP contribution in [0.15, 0.2) is 60.8 Å². The maximum Gasteiger partial charge on any atom is 0.290 e. The zero-order valence-corrected chi connectivity index (χ0v) is 15.1. The van der Waals surface area contributed by atoms with E-state index in [1.807, 2.05) is 62.4 Å². The quantitative estimate of drug-likeness (QED) is 0.681. The zero-order valence-electron chi connectivity index (χ0n) is 15.1. The average molecular weight is 364 g/mol. The molecule has 2 amide bonds. The van der Waals surface area contributed by atoms with E-state index in [9.17, 15) is 9.59 Å². The lowest BCUT2D eigenvalue weighted by Crippen LogP contribution is -2.44. The average Bonchev–Trinajstić information content (AvgIpc) is 3.18. The summed E-state index contributed by atoms with van der Waals surface area (Å²) < 4.78 is 7.08. The highest BCUT2D eigenvalue weighted by Crippen LogP contribution is 2.18. The van der Waals surface area contributed by atoms with E-state index in [1.54, 1.807) is 16.9 Å². The van der Waals surface area contributed by atoms with Gasteiger partial charge >= 0.3 is 0 Å². The number of hydrogen-bond donors (Lipinski definition) is 2. The fourth-order valence-electron chi connectivity index (χ4n) is 2.40. The minimum Gasteiger partial charge on any atom is -0.483 e. The SMILES string of the molecule is Cc1ccc(C)c(OCC(=O)NNC(=O)c2ccn(-c3ccccc3)n2)c1. The van der Waals surface area contributed by atoms with Gasteiger partial charge < -0.3 is 4.74 Å². The molecular formula is C20H20N4O3. The van der Waals surface area contributed by atoms with E-state index in [2.05, 4.69) is 16.0 Å². The van der Waals surface area contributed by atoms with Crippen LogP contribution in [-0.4, -0.2) is 28.2 Å². The van der Waals surface area contributed by atoms with Crippen LogP contribution in [0.5, 0.6) is 5.75 Å². The second-order valence-corrected chi connectivity index (χ2v) is 6.04. The molecule has 1 aromatic heterocycles. The van der Waals surface area contributed by atoms with Crippen molar-refractivity contribution < 1.29 is 14.3 Å². The Bertz CT molecular complexity index is 951. The highest BCUT2D eigenvalue weighted by atomic mass is 16.5. The molecule has 1 heterocycles. The molecule has 2 aromatic carbocycles. The number of aryl methyl sites for hydroxylation is 2. The molecule has 0 bridgehead atoms. The molecule has 7 nitrogen and oxygen atoms in total. The molecule has 0 saturated heterocycles. The standard InChI is InChI=1S/C20H20N4O3/c1-14-8-9-15(2)18(12-14)27-13-19(25)21-22-20(26)17-10-11-24(23-17)16-6-4-3-5-7-16/h3-12H,13H2,1-2H3,(H,21,25)(H,22,26). The molecule has 0 aliphatic carbocycles. The Balaban J connectivity index is 1.51. The first-order valence-corrected chi connectivity index (χ1v) is 8.43. The lowest BCUT2D eigenvalue weighted by atomic mass is 10.1. The van der Waals surface area contributed by atoms with Crippen LogP contribution in [0.25, 0.3) is 5.69 Å². The third kappa shape index (κ3) is 4.72. The molecule has 0 atom stereocenters. The van der Waals surface area contributed by atoms with Crippen molar-refractivity contribution in [1.29, 1.82) is 0 Å². The number of benzene rings is 2. The van der Waals surface area contributed by atoms with E-state index < -0.39 is 11.8 Å². The summed E-state index contributed by atoms with van der Waals surface area (Å²) in [7, 11) is 0. The van der Waals surface area contributed by atoms with Gasteiger partial charge in [0, 0.05) is 6.20 Å². The first-order chi connectivity index (χ1) is 13.0. The molecule has 27 heavy (non-hydrogen) atoms. The molecule has 2 N–H and O–H groups in total. The van der Waals surface area contributed by atoms with Crippen molar-refractivity contribution >= 4 is 11.8 Å². The smallest absolute Gasteiger partial charge is 0.290 e. The van der Waals surface area contributed by atoms with Crippen LogP contribution >= 0.6 is 0 Å². The molecule has 3 aromatic rings. The fraction of sp³-hybridized carbons (Fsp3) is 0.150. The Kier molecular flexibility index (Phi) is 5.51. The Morgan fingerprint density at radius 1 is 1.04 bits per heavy atom. The number of aromatic nitrogens is 2. The lowest BCUT2D eigenvalue weighted by molar-refractivity contribution is -0.123. The minimum absolute atomic E-state index is 0.189. The Labute approximate surface area is 156 Å². The van der Waals surface area contributed by atoms with Gasteiger partial charge in [0.2, 0.25) is 0 Å². The van der Waals surface area contributed by atoms with Crippen molar-refractivity contribution in [3.05, 3.63) is 77.6 Å². The van der Waals surface area contributed by atoms with Gasteiger partial charge in [0.1, 0.15) is 5.75 Å². The van der Waals surface area contributed by atoms with Gasteiger partial charge in [-0.25, -0.2) is 4.68 Å². The van der Waals surface area contributed by atoms with Gasteiger partial charge in [-0.1, -0.05) is 30.3 Å². The summed E-state index contributed by atoms with van der Waals surface area (Å²) in [6.07, 6.45) is 1.68. The summed E-state index contributed by atoms with van der Waals surface area (Å²) in [5.74, 6) is -0.338. The van der Waals surface area contributed by atoms with Crippen molar-refractivity contribution in [2.24, 2.45) is 0 Å². The van der Waals surface area contributed by atoms with Crippen LogP contribution in [0.1, 0.15) is 21.6 Å². The van der Waals surface area contributed by atoms with Crippen LogP contribution in [0.2, 0.25) is 0 Å². The van der Waals surface area contributed by atoms with Crippen LogP contribution in [0.4, 0.5) is 0 Å². The second kappa shape index (κ2) is 8.18. The van der Waals surface area contributed by atoms with E-state index in [0.717, 1.165) is 16.8 Å². The third-order valence-corrected chi connectivity index (χ3v) is 3.86. The molecule has 0 radical (unpaired) electrons. The number of hydrazine groups is 1. The third-order valence-electron chi connectivity index (χ3n) is 3.86. The summed E-state index contributed by atoms with van der Waals surface area (Å²) >= 11 is 0. The predicted molar refractivity (Wildman–Crippen MR) is 101 cm³/mol. The van der Waals surface area contributed by atoms with Gasteiger partial charge in [0.25, 0.3) is 11.8 Å². The van der Waals surface area contributed by atoms with Crippen LogP contribution in [0, 0.1) is 13.8 Å². The number of hydrogen-bond acceptors (Lipinski definition) is 4. The van der Waals surface area contributed by atoms with Gasteiger partial charge in [0.05, 0.1) is 5.69 Å². The number of nitrogens with zero attached hydrogens (tertiary/aromatic N) is 2. The summed E-state index contributed by atoms with van der Waals surface area (Å²) in [4.78, 5) is 24.0. The Morgan fingerprint density at radius 2 is 1.81 bits per heavy atom. The fourth-order valence-corrected chi connectivity index (χ4v) is 2.40. The maximum absolute atomic E-state index is 12.1. The number of ether oxygens (including phenoxy) is 1.